The highest BCUT2D eigenvalue weighted by atomic mass is 35.5. The number of carbonyl (C=O) groups excluding carboxylic acids is 1. The standard InChI is InChI=1S/C19H17ClN2OS/c1-12(23)14-6-4-13(5-7-14)10-18-16-11-15(20)8-9-17(16)21-19(24-18)22(2)3/h4-11H,1-3H3. The lowest BCUT2D eigenvalue weighted by molar-refractivity contribution is 0.101. The number of hydrogen-bond acceptors (Lipinski definition) is 4. The molecule has 0 bridgehead atoms. The van der Waals surface area contributed by atoms with Crippen molar-refractivity contribution in [3.8, 4) is 0 Å². The number of ketones is 1. The van der Waals surface area contributed by atoms with E-state index in [-0.39, 0.29) is 5.78 Å². The molecular weight excluding hydrogens is 340 g/mol. The summed E-state index contributed by atoms with van der Waals surface area (Å²) in [5, 5.41) is 1.62. The fourth-order valence-corrected chi connectivity index (χ4v) is 3.51. The summed E-state index contributed by atoms with van der Waals surface area (Å²) >= 11 is 7.77. The monoisotopic (exact) mass is 356 g/mol. The van der Waals surface area contributed by atoms with E-state index in [1.807, 2.05) is 61.5 Å². The van der Waals surface area contributed by atoms with Gasteiger partial charge < -0.3 is 4.90 Å². The Morgan fingerprint density at radius 2 is 1.88 bits per heavy atom. The van der Waals surface area contributed by atoms with Crippen LogP contribution in [0.4, 0.5) is 5.69 Å². The van der Waals surface area contributed by atoms with Gasteiger partial charge in [-0.1, -0.05) is 47.6 Å². The lowest BCUT2D eigenvalue weighted by Crippen LogP contribution is -2.19. The van der Waals surface area contributed by atoms with Gasteiger partial charge in [-0.05, 0) is 36.8 Å². The number of rotatable bonds is 2. The van der Waals surface area contributed by atoms with Crippen LogP contribution in [-0.4, -0.2) is 29.9 Å². The Hall–Kier alpha value is -2.04. The average Bonchev–Trinajstić information content (AvgIpc) is 2.55. The summed E-state index contributed by atoms with van der Waals surface area (Å²) in [6.45, 7) is 1.57. The third kappa shape index (κ3) is 3.55. The van der Waals surface area contributed by atoms with Crippen LogP contribution < -0.4 is 0 Å². The molecule has 24 heavy (non-hydrogen) atoms. The molecule has 0 spiro atoms. The van der Waals surface area contributed by atoms with E-state index < -0.39 is 0 Å². The molecule has 0 amide bonds. The summed E-state index contributed by atoms with van der Waals surface area (Å²) in [5.74, 6) is 0.0698. The number of fused-ring (bicyclic) bond motifs is 1. The second-order valence-corrected chi connectivity index (χ2v) is 7.18. The SMILES string of the molecule is CC(=O)c1ccc(C=C2SC(N(C)C)=Nc3ccc(Cl)cc32)cc1. The third-order valence-corrected chi connectivity index (χ3v) is 5.07. The fourth-order valence-electron chi connectivity index (χ4n) is 2.35. The molecular formula is C19H17ClN2OS. The van der Waals surface area contributed by atoms with E-state index in [4.69, 9.17) is 11.6 Å². The van der Waals surface area contributed by atoms with Crippen molar-refractivity contribution in [2.75, 3.05) is 14.1 Å². The maximum atomic E-state index is 11.4. The van der Waals surface area contributed by atoms with Crippen molar-refractivity contribution in [1.29, 1.82) is 0 Å². The van der Waals surface area contributed by atoms with E-state index in [1.54, 1.807) is 18.7 Å². The molecule has 0 unspecified atom stereocenters. The van der Waals surface area contributed by atoms with Crippen LogP contribution >= 0.6 is 23.4 Å². The molecule has 0 fully saturated rings. The lowest BCUT2D eigenvalue weighted by atomic mass is 10.1. The maximum absolute atomic E-state index is 11.4. The Morgan fingerprint density at radius 1 is 1.17 bits per heavy atom. The van der Waals surface area contributed by atoms with Crippen molar-refractivity contribution in [1.82, 2.24) is 4.90 Å². The summed E-state index contributed by atoms with van der Waals surface area (Å²) in [7, 11) is 3.96. The molecule has 0 radical (unpaired) electrons. The van der Waals surface area contributed by atoms with Gasteiger partial charge in [0.2, 0.25) is 0 Å². The van der Waals surface area contributed by atoms with Crippen molar-refractivity contribution >= 4 is 51.0 Å². The van der Waals surface area contributed by atoms with Crippen LogP contribution in [0.1, 0.15) is 28.4 Å². The van der Waals surface area contributed by atoms with E-state index >= 15 is 0 Å². The van der Waals surface area contributed by atoms with Crippen LogP contribution in [0.15, 0.2) is 47.5 Å². The number of carbonyl (C=O) groups is 1. The molecule has 1 heterocycles. The predicted molar refractivity (Wildman–Crippen MR) is 104 cm³/mol. The van der Waals surface area contributed by atoms with Crippen molar-refractivity contribution in [3.63, 3.8) is 0 Å². The van der Waals surface area contributed by atoms with Gasteiger partial charge in [0.05, 0.1) is 5.69 Å². The van der Waals surface area contributed by atoms with Crippen LogP contribution in [0.2, 0.25) is 5.02 Å². The van der Waals surface area contributed by atoms with E-state index in [2.05, 4.69) is 11.1 Å². The second-order valence-electron chi connectivity index (χ2n) is 5.74. The summed E-state index contributed by atoms with van der Waals surface area (Å²) in [4.78, 5) is 19.2. The molecule has 1 aliphatic rings. The minimum absolute atomic E-state index is 0.0698. The molecule has 0 atom stereocenters. The summed E-state index contributed by atoms with van der Waals surface area (Å²) in [6, 6.07) is 13.3. The van der Waals surface area contributed by atoms with Crippen LogP contribution in [0.25, 0.3) is 11.0 Å². The number of Topliss-reactive ketones (excluding diaryl/α,β-unsaturated/α-hetero) is 1. The van der Waals surface area contributed by atoms with Gasteiger partial charge >= 0.3 is 0 Å². The van der Waals surface area contributed by atoms with E-state index in [1.165, 1.54) is 0 Å². The highest BCUT2D eigenvalue weighted by Gasteiger charge is 2.19. The van der Waals surface area contributed by atoms with Gasteiger partial charge in [-0.3, -0.25) is 4.79 Å². The van der Waals surface area contributed by atoms with Crippen molar-refractivity contribution in [2.45, 2.75) is 6.92 Å². The van der Waals surface area contributed by atoms with Gasteiger partial charge in [0, 0.05) is 35.2 Å². The molecule has 1 aliphatic heterocycles. The Balaban J connectivity index is 2.05. The minimum Gasteiger partial charge on any atom is -0.357 e. The van der Waals surface area contributed by atoms with Crippen LogP contribution in [0.3, 0.4) is 0 Å². The Kier molecular flexibility index (Phi) is 4.78. The smallest absolute Gasteiger partial charge is 0.168 e. The van der Waals surface area contributed by atoms with Gasteiger partial charge in [0.15, 0.2) is 11.0 Å². The van der Waals surface area contributed by atoms with Gasteiger partial charge in [-0.2, -0.15) is 0 Å². The predicted octanol–water partition coefficient (Wildman–Crippen LogP) is 5.34. The van der Waals surface area contributed by atoms with E-state index in [9.17, 15) is 4.79 Å². The Labute approximate surface area is 151 Å². The number of halogens is 1. The molecule has 0 saturated carbocycles. The Morgan fingerprint density at radius 3 is 2.50 bits per heavy atom. The number of nitrogens with zero attached hydrogens (tertiary/aromatic N) is 2. The summed E-state index contributed by atoms with van der Waals surface area (Å²) < 4.78 is 0. The quantitative estimate of drug-likeness (QED) is 0.681. The van der Waals surface area contributed by atoms with E-state index in [0.29, 0.717) is 10.6 Å². The maximum Gasteiger partial charge on any atom is 0.168 e. The molecule has 2 aromatic carbocycles. The first-order valence-electron chi connectivity index (χ1n) is 7.50. The third-order valence-electron chi connectivity index (χ3n) is 3.64. The lowest BCUT2D eigenvalue weighted by Gasteiger charge is -2.22. The first-order chi connectivity index (χ1) is 11.4. The largest absolute Gasteiger partial charge is 0.357 e. The molecule has 122 valence electrons. The van der Waals surface area contributed by atoms with Gasteiger partial charge in [0.1, 0.15) is 0 Å². The normalized spacial score (nSPS) is 15.0. The van der Waals surface area contributed by atoms with Crippen LogP contribution in [-0.2, 0) is 0 Å². The molecule has 0 N–H and O–H groups in total. The zero-order valence-electron chi connectivity index (χ0n) is 13.7. The zero-order valence-corrected chi connectivity index (χ0v) is 15.3. The second kappa shape index (κ2) is 6.83. The molecule has 0 aliphatic carbocycles. The van der Waals surface area contributed by atoms with Crippen molar-refractivity contribution < 1.29 is 4.79 Å². The molecule has 0 aromatic heterocycles. The highest BCUT2D eigenvalue weighted by Crippen LogP contribution is 2.42. The summed E-state index contributed by atoms with van der Waals surface area (Å²) in [5.41, 5.74) is 3.68. The van der Waals surface area contributed by atoms with Crippen molar-refractivity contribution in [3.05, 3.63) is 64.2 Å². The van der Waals surface area contributed by atoms with Gasteiger partial charge in [-0.25, -0.2) is 4.99 Å². The highest BCUT2D eigenvalue weighted by molar-refractivity contribution is 8.21. The summed E-state index contributed by atoms with van der Waals surface area (Å²) in [6.07, 6.45) is 2.10. The number of aliphatic imine (C=N–C) groups is 1. The molecule has 3 rings (SSSR count). The first-order valence-corrected chi connectivity index (χ1v) is 8.70. The number of thioether (sulfide) groups is 1. The van der Waals surface area contributed by atoms with Gasteiger partial charge in [0.25, 0.3) is 0 Å². The van der Waals surface area contributed by atoms with Gasteiger partial charge in [-0.15, -0.1) is 0 Å². The zero-order chi connectivity index (χ0) is 17.3. The Bertz CT molecular complexity index is 854. The van der Waals surface area contributed by atoms with Crippen LogP contribution in [0.5, 0.6) is 0 Å². The molecule has 5 heteroatoms. The topological polar surface area (TPSA) is 32.7 Å². The minimum atomic E-state index is 0.0698. The molecule has 3 nitrogen and oxygen atoms in total. The number of amidine groups is 1. The average molecular weight is 357 g/mol. The fraction of sp³-hybridized carbons (Fsp3) is 0.158. The van der Waals surface area contributed by atoms with Crippen molar-refractivity contribution in [2.24, 2.45) is 4.99 Å². The molecule has 2 aromatic rings. The van der Waals surface area contributed by atoms with E-state index in [0.717, 1.165) is 26.9 Å². The number of hydrogen-bond donors (Lipinski definition) is 0. The first kappa shape index (κ1) is 16.8. The van der Waals surface area contributed by atoms with Crippen LogP contribution in [0, 0.1) is 0 Å². The number of benzene rings is 2. The molecule has 0 saturated heterocycles.